The zero-order valence-corrected chi connectivity index (χ0v) is 11.8. The number of ether oxygens (including phenoxy) is 1. The standard InChI is InChI=1S/C16H10ClFO3/c1-20-10-4-2-9(3-5-10)14-8-13(19)11-6-7-12(18)15(17)16(11)21-14/h2-8H,1H3. The first-order valence-electron chi connectivity index (χ1n) is 6.16. The van der Waals surface area contributed by atoms with E-state index in [1.54, 1.807) is 31.4 Å². The molecule has 0 fully saturated rings. The number of methoxy groups -OCH3 is 1. The van der Waals surface area contributed by atoms with Crippen molar-refractivity contribution >= 4 is 22.6 Å². The van der Waals surface area contributed by atoms with E-state index in [-0.39, 0.29) is 21.4 Å². The number of rotatable bonds is 2. The monoisotopic (exact) mass is 304 g/mol. The van der Waals surface area contributed by atoms with Crippen molar-refractivity contribution in [2.75, 3.05) is 7.11 Å². The summed E-state index contributed by atoms with van der Waals surface area (Å²) in [6.45, 7) is 0. The van der Waals surface area contributed by atoms with Gasteiger partial charge in [-0.2, -0.15) is 0 Å². The van der Waals surface area contributed by atoms with Gasteiger partial charge in [0.25, 0.3) is 0 Å². The molecule has 2 aromatic carbocycles. The molecule has 106 valence electrons. The average Bonchev–Trinajstić information content (AvgIpc) is 2.51. The molecule has 0 aliphatic carbocycles. The van der Waals surface area contributed by atoms with Crippen molar-refractivity contribution in [1.82, 2.24) is 0 Å². The van der Waals surface area contributed by atoms with E-state index >= 15 is 0 Å². The van der Waals surface area contributed by atoms with Crippen molar-refractivity contribution in [3.63, 3.8) is 0 Å². The largest absolute Gasteiger partial charge is 0.497 e. The fourth-order valence-corrected chi connectivity index (χ4v) is 2.26. The van der Waals surface area contributed by atoms with Gasteiger partial charge in [-0.15, -0.1) is 0 Å². The first-order chi connectivity index (χ1) is 10.1. The van der Waals surface area contributed by atoms with Gasteiger partial charge in [0.2, 0.25) is 0 Å². The first kappa shape index (κ1) is 13.6. The minimum absolute atomic E-state index is 0.0509. The van der Waals surface area contributed by atoms with Gasteiger partial charge >= 0.3 is 0 Å². The fourth-order valence-electron chi connectivity index (χ4n) is 2.06. The van der Waals surface area contributed by atoms with Gasteiger partial charge in [0.05, 0.1) is 12.5 Å². The van der Waals surface area contributed by atoms with Crippen molar-refractivity contribution < 1.29 is 13.5 Å². The van der Waals surface area contributed by atoms with Crippen molar-refractivity contribution in [2.45, 2.75) is 0 Å². The van der Waals surface area contributed by atoms with Gasteiger partial charge in [-0.25, -0.2) is 4.39 Å². The Morgan fingerprint density at radius 3 is 2.52 bits per heavy atom. The Bertz CT molecular complexity index is 869. The topological polar surface area (TPSA) is 39.4 Å². The van der Waals surface area contributed by atoms with Crippen LogP contribution in [-0.4, -0.2) is 7.11 Å². The van der Waals surface area contributed by atoms with Gasteiger partial charge in [0, 0.05) is 11.6 Å². The smallest absolute Gasteiger partial charge is 0.193 e. The third kappa shape index (κ3) is 2.38. The van der Waals surface area contributed by atoms with Crippen LogP contribution in [0, 0.1) is 5.82 Å². The lowest BCUT2D eigenvalue weighted by Crippen LogP contribution is -2.01. The lowest BCUT2D eigenvalue weighted by molar-refractivity contribution is 0.415. The Labute approximate surface area is 124 Å². The predicted molar refractivity (Wildman–Crippen MR) is 79.4 cm³/mol. The number of fused-ring (bicyclic) bond motifs is 1. The van der Waals surface area contributed by atoms with Crippen molar-refractivity contribution in [2.24, 2.45) is 0 Å². The molecule has 0 spiro atoms. The fraction of sp³-hybridized carbons (Fsp3) is 0.0625. The SMILES string of the molecule is COc1ccc(-c2cc(=O)c3ccc(F)c(Cl)c3o2)cc1. The second kappa shape index (κ2) is 5.22. The summed E-state index contributed by atoms with van der Waals surface area (Å²) >= 11 is 5.88. The maximum Gasteiger partial charge on any atom is 0.193 e. The normalized spacial score (nSPS) is 10.8. The number of hydrogen-bond donors (Lipinski definition) is 0. The Morgan fingerprint density at radius 2 is 1.86 bits per heavy atom. The second-order valence-corrected chi connectivity index (χ2v) is 4.82. The van der Waals surface area contributed by atoms with E-state index in [4.69, 9.17) is 20.8 Å². The third-order valence-electron chi connectivity index (χ3n) is 3.16. The van der Waals surface area contributed by atoms with Crippen LogP contribution in [0.15, 0.2) is 51.7 Å². The highest BCUT2D eigenvalue weighted by atomic mass is 35.5. The maximum atomic E-state index is 13.5. The molecular formula is C16H10ClFO3. The third-order valence-corrected chi connectivity index (χ3v) is 3.52. The molecule has 0 N–H and O–H groups in total. The lowest BCUT2D eigenvalue weighted by atomic mass is 10.1. The molecule has 0 aliphatic heterocycles. The summed E-state index contributed by atoms with van der Waals surface area (Å²) in [6, 6.07) is 10.8. The van der Waals surface area contributed by atoms with Crippen molar-refractivity contribution in [1.29, 1.82) is 0 Å². The van der Waals surface area contributed by atoms with E-state index < -0.39 is 5.82 Å². The van der Waals surface area contributed by atoms with E-state index in [1.807, 2.05) is 0 Å². The van der Waals surface area contributed by atoms with Crippen LogP contribution in [0.5, 0.6) is 5.75 Å². The molecule has 0 amide bonds. The van der Waals surface area contributed by atoms with E-state index in [2.05, 4.69) is 0 Å². The van der Waals surface area contributed by atoms with Gasteiger partial charge in [-0.1, -0.05) is 11.6 Å². The first-order valence-corrected chi connectivity index (χ1v) is 6.54. The van der Waals surface area contributed by atoms with Crippen LogP contribution in [0.1, 0.15) is 0 Å². The summed E-state index contributed by atoms with van der Waals surface area (Å²) in [5.74, 6) is 0.382. The van der Waals surface area contributed by atoms with Crippen LogP contribution >= 0.6 is 11.6 Å². The van der Waals surface area contributed by atoms with Gasteiger partial charge in [0.1, 0.15) is 22.3 Å². The zero-order chi connectivity index (χ0) is 15.0. The second-order valence-electron chi connectivity index (χ2n) is 4.44. The van der Waals surface area contributed by atoms with Gasteiger partial charge in [-0.3, -0.25) is 4.79 Å². The van der Waals surface area contributed by atoms with Crippen molar-refractivity contribution in [3.05, 3.63) is 63.5 Å². The van der Waals surface area contributed by atoms with E-state index in [9.17, 15) is 9.18 Å². The number of hydrogen-bond acceptors (Lipinski definition) is 3. The van der Waals surface area contributed by atoms with Crippen LogP contribution in [0.2, 0.25) is 5.02 Å². The molecule has 0 unspecified atom stereocenters. The van der Waals surface area contributed by atoms with E-state index in [0.717, 1.165) is 6.07 Å². The Kier molecular flexibility index (Phi) is 3.39. The minimum Gasteiger partial charge on any atom is -0.497 e. The summed E-state index contributed by atoms with van der Waals surface area (Å²) in [5.41, 5.74) is 0.453. The molecule has 3 aromatic rings. The molecule has 3 nitrogen and oxygen atoms in total. The zero-order valence-electron chi connectivity index (χ0n) is 11.0. The van der Waals surface area contributed by atoms with Crippen LogP contribution in [0.3, 0.4) is 0 Å². The predicted octanol–water partition coefficient (Wildman–Crippen LogP) is 4.26. The minimum atomic E-state index is -0.626. The lowest BCUT2D eigenvalue weighted by Gasteiger charge is -2.06. The highest BCUT2D eigenvalue weighted by Crippen LogP contribution is 2.29. The van der Waals surface area contributed by atoms with Crippen molar-refractivity contribution in [3.8, 4) is 17.1 Å². The number of benzene rings is 2. The molecule has 0 bridgehead atoms. The van der Waals surface area contributed by atoms with Crippen LogP contribution < -0.4 is 10.2 Å². The Balaban J connectivity index is 2.23. The Hall–Kier alpha value is -2.33. The summed E-state index contributed by atoms with van der Waals surface area (Å²) in [6.07, 6.45) is 0. The van der Waals surface area contributed by atoms with Crippen LogP contribution in [0.25, 0.3) is 22.3 Å². The summed E-state index contributed by atoms with van der Waals surface area (Å²) in [5, 5.41) is 0.0543. The maximum absolute atomic E-state index is 13.5. The molecule has 0 aliphatic rings. The summed E-state index contributed by atoms with van der Waals surface area (Å²) < 4.78 is 24.2. The van der Waals surface area contributed by atoms with Crippen LogP contribution in [-0.2, 0) is 0 Å². The molecular weight excluding hydrogens is 295 g/mol. The summed E-state index contributed by atoms with van der Waals surface area (Å²) in [4.78, 5) is 12.1. The quantitative estimate of drug-likeness (QED) is 0.710. The molecule has 0 atom stereocenters. The molecule has 21 heavy (non-hydrogen) atoms. The van der Waals surface area contributed by atoms with Gasteiger partial charge < -0.3 is 9.15 Å². The molecule has 0 radical (unpaired) electrons. The van der Waals surface area contributed by atoms with Gasteiger partial charge in [-0.05, 0) is 36.4 Å². The molecule has 3 rings (SSSR count). The molecule has 1 aromatic heterocycles. The highest BCUT2D eigenvalue weighted by Gasteiger charge is 2.12. The highest BCUT2D eigenvalue weighted by molar-refractivity contribution is 6.34. The van der Waals surface area contributed by atoms with Gasteiger partial charge in [0.15, 0.2) is 11.0 Å². The van der Waals surface area contributed by atoms with Crippen LogP contribution in [0.4, 0.5) is 4.39 Å². The Morgan fingerprint density at radius 1 is 1.14 bits per heavy atom. The molecule has 1 heterocycles. The number of halogens is 2. The summed E-state index contributed by atoms with van der Waals surface area (Å²) in [7, 11) is 1.56. The molecule has 0 saturated carbocycles. The average molecular weight is 305 g/mol. The van der Waals surface area contributed by atoms with E-state index in [1.165, 1.54) is 12.1 Å². The molecule has 0 saturated heterocycles. The molecule has 5 heteroatoms. The van der Waals surface area contributed by atoms with E-state index in [0.29, 0.717) is 17.1 Å².